The van der Waals surface area contributed by atoms with E-state index in [-0.39, 0.29) is 6.04 Å². The molecule has 0 saturated carbocycles. The molecule has 8 nitrogen and oxygen atoms in total. The maximum absolute atomic E-state index is 13.5. The standard InChI is InChI=1S/C29H25Cl2N5O3/c30-20-4-9-23(10-5-20)39-29(37)36-15-12-24-25-18-21(31)6-11-26(25)33-27(24)28(36)19-2-7-22(8-3-19)38-17-1-14-35-16-13-32-34-35/h2-11,13,16,18,28,33H,1,12,14-15,17H2. The Morgan fingerprint density at radius 2 is 1.77 bits per heavy atom. The highest BCUT2D eigenvalue weighted by molar-refractivity contribution is 6.31. The number of nitrogens with zero attached hydrogens (tertiary/aromatic N) is 4. The third kappa shape index (κ3) is 5.44. The molecule has 1 atom stereocenters. The van der Waals surface area contributed by atoms with Crippen LogP contribution in [-0.2, 0) is 13.0 Å². The number of rotatable bonds is 7. The number of fused-ring (bicyclic) bond motifs is 3. The van der Waals surface area contributed by atoms with Crippen molar-refractivity contribution in [3.05, 3.63) is 106 Å². The molecule has 1 aliphatic rings. The Morgan fingerprint density at radius 3 is 2.54 bits per heavy atom. The van der Waals surface area contributed by atoms with Crippen LogP contribution >= 0.6 is 23.2 Å². The van der Waals surface area contributed by atoms with Crippen LogP contribution in [0, 0.1) is 0 Å². The van der Waals surface area contributed by atoms with E-state index in [4.69, 9.17) is 32.7 Å². The van der Waals surface area contributed by atoms with Crippen molar-refractivity contribution in [3.8, 4) is 11.5 Å². The maximum Gasteiger partial charge on any atom is 0.416 e. The zero-order chi connectivity index (χ0) is 26.8. The van der Waals surface area contributed by atoms with Crippen LogP contribution in [0.25, 0.3) is 10.9 Å². The van der Waals surface area contributed by atoms with Crippen LogP contribution < -0.4 is 9.47 Å². The number of carbonyl (C=O) groups excluding carboxylic acids is 1. The molecule has 0 saturated heterocycles. The molecule has 3 heterocycles. The summed E-state index contributed by atoms with van der Waals surface area (Å²) in [6.45, 7) is 1.78. The molecule has 198 valence electrons. The van der Waals surface area contributed by atoms with Crippen molar-refractivity contribution in [1.29, 1.82) is 0 Å². The van der Waals surface area contributed by atoms with Crippen LogP contribution in [0.3, 0.4) is 0 Å². The summed E-state index contributed by atoms with van der Waals surface area (Å²) in [4.78, 5) is 18.8. The van der Waals surface area contributed by atoms with Gasteiger partial charge in [0.25, 0.3) is 0 Å². The molecule has 1 aliphatic heterocycles. The topological polar surface area (TPSA) is 85.3 Å². The number of aromatic amines is 1. The zero-order valence-corrected chi connectivity index (χ0v) is 22.4. The zero-order valence-electron chi connectivity index (χ0n) is 20.9. The number of hydrogen-bond acceptors (Lipinski definition) is 5. The van der Waals surface area contributed by atoms with E-state index in [0.29, 0.717) is 35.4 Å². The van der Waals surface area contributed by atoms with Gasteiger partial charge in [-0.1, -0.05) is 40.5 Å². The van der Waals surface area contributed by atoms with Crippen molar-refractivity contribution in [2.45, 2.75) is 25.4 Å². The fourth-order valence-electron chi connectivity index (χ4n) is 4.98. The number of amides is 1. The van der Waals surface area contributed by atoms with Gasteiger partial charge < -0.3 is 14.5 Å². The van der Waals surface area contributed by atoms with Gasteiger partial charge in [-0.3, -0.25) is 9.58 Å². The van der Waals surface area contributed by atoms with Crippen LogP contribution in [0.2, 0.25) is 10.0 Å². The summed E-state index contributed by atoms with van der Waals surface area (Å²) in [6, 6.07) is 20.0. The summed E-state index contributed by atoms with van der Waals surface area (Å²) in [5, 5.41) is 10.1. The predicted octanol–water partition coefficient (Wildman–Crippen LogP) is 6.68. The first kappa shape index (κ1) is 25.3. The lowest BCUT2D eigenvalue weighted by atomic mass is 9.92. The van der Waals surface area contributed by atoms with Gasteiger partial charge in [0.1, 0.15) is 17.5 Å². The summed E-state index contributed by atoms with van der Waals surface area (Å²) >= 11 is 12.3. The van der Waals surface area contributed by atoms with Gasteiger partial charge in [0.15, 0.2) is 0 Å². The van der Waals surface area contributed by atoms with Crippen molar-refractivity contribution < 1.29 is 14.3 Å². The number of benzene rings is 3. The molecule has 10 heteroatoms. The van der Waals surface area contributed by atoms with Gasteiger partial charge >= 0.3 is 6.09 Å². The first-order valence-electron chi connectivity index (χ1n) is 12.7. The number of hydrogen-bond donors (Lipinski definition) is 1. The number of aryl methyl sites for hydroxylation is 1. The highest BCUT2D eigenvalue weighted by Crippen LogP contribution is 2.40. The number of carbonyl (C=O) groups is 1. The molecule has 1 unspecified atom stereocenters. The fourth-order valence-corrected chi connectivity index (χ4v) is 5.28. The molecule has 0 radical (unpaired) electrons. The Bertz CT molecular complexity index is 1580. The molecule has 1 N–H and O–H groups in total. The van der Waals surface area contributed by atoms with Crippen molar-refractivity contribution >= 4 is 40.2 Å². The normalized spacial score (nSPS) is 14.8. The molecule has 0 fully saturated rings. The van der Waals surface area contributed by atoms with Crippen molar-refractivity contribution in [2.24, 2.45) is 0 Å². The molecule has 3 aromatic carbocycles. The minimum atomic E-state index is -0.432. The number of aromatic nitrogens is 4. The molecule has 0 aliphatic carbocycles. The van der Waals surface area contributed by atoms with Gasteiger partial charge in [0.05, 0.1) is 12.8 Å². The highest BCUT2D eigenvalue weighted by atomic mass is 35.5. The SMILES string of the molecule is O=C(Oc1ccc(Cl)cc1)N1CCc2c([nH]c3ccc(Cl)cc23)C1c1ccc(OCCCn2ccnn2)cc1. The molecule has 0 spiro atoms. The molecular formula is C29H25Cl2N5O3. The van der Waals surface area contributed by atoms with Crippen molar-refractivity contribution in [3.63, 3.8) is 0 Å². The summed E-state index contributed by atoms with van der Waals surface area (Å²) in [5.41, 5.74) is 4.03. The largest absolute Gasteiger partial charge is 0.494 e. The molecule has 39 heavy (non-hydrogen) atoms. The van der Waals surface area contributed by atoms with Crippen LogP contribution in [0.4, 0.5) is 4.79 Å². The Labute approximate surface area is 235 Å². The average Bonchev–Trinajstić information content (AvgIpc) is 3.60. The fraction of sp³-hybridized carbons (Fsp3) is 0.207. The minimum absolute atomic E-state index is 0.374. The Balaban J connectivity index is 1.26. The lowest BCUT2D eigenvalue weighted by Gasteiger charge is -2.35. The smallest absolute Gasteiger partial charge is 0.416 e. The van der Waals surface area contributed by atoms with Crippen LogP contribution in [0.1, 0.15) is 29.3 Å². The molecule has 6 rings (SSSR count). The quantitative estimate of drug-likeness (QED) is 0.224. The van der Waals surface area contributed by atoms with Gasteiger partial charge in [0.2, 0.25) is 0 Å². The Hall–Kier alpha value is -4.01. The maximum atomic E-state index is 13.5. The summed E-state index contributed by atoms with van der Waals surface area (Å²) in [5.74, 6) is 1.19. The first-order chi connectivity index (χ1) is 19.0. The van der Waals surface area contributed by atoms with Gasteiger partial charge in [-0.15, -0.1) is 5.10 Å². The summed E-state index contributed by atoms with van der Waals surface area (Å²) in [7, 11) is 0. The third-order valence-corrected chi connectivity index (χ3v) is 7.30. The lowest BCUT2D eigenvalue weighted by molar-refractivity contribution is 0.135. The molecule has 0 bridgehead atoms. The highest BCUT2D eigenvalue weighted by Gasteiger charge is 2.35. The van der Waals surface area contributed by atoms with E-state index in [1.54, 1.807) is 40.0 Å². The van der Waals surface area contributed by atoms with E-state index in [1.807, 2.05) is 48.7 Å². The third-order valence-electron chi connectivity index (χ3n) is 6.81. The van der Waals surface area contributed by atoms with E-state index in [2.05, 4.69) is 15.3 Å². The summed E-state index contributed by atoms with van der Waals surface area (Å²) in [6.07, 6.45) is 4.54. The average molecular weight is 562 g/mol. The van der Waals surface area contributed by atoms with Crippen LogP contribution in [0.15, 0.2) is 79.1 Å². The van der Waals surface area contributed by atoms with Gasteiger partial charge in [-0.2, -0.15) is 0 Å². The van der Waals surface area contributed by atoms with Crippen molar-refractivity contribution in [1.82, 2.24) is 24.9 Å². The molecule has 1 amide bonds. The van der Waals surface area contributed by atoms with Gasteiger partial charge in [-0.25, -0.2) is 4.79 Å². The van der Waals surface area contributed by atoms with Gasteiger partial charge in [-0.05, 0) is 72.1 Å². The van der Waals surface area contributed by atoms with Crippen molar-refractivity contribution in [2.75, 3.05) is 13.2 Å². The second kappa shape index (κ2) is 11.0. The van der Waals surface area contributed by atoms with Gasteiger partial charge in [0, 0.05) is 52.3 Å². The second-order valence-corrected chi connectivity index (χ2v) is 10.2. The van der Waals surface area contributed by atoms with E-state index in [1.165, 1.54) is 0 Å². The number of halogens is 2. The number of nitrogens with one attached hydrogen (secondary N) is 1. The minimum Gasteiger partial charge on any atom is -0.494 e. The van der Waals surface area contributed by atoms with E-state index < -0.39 is 6.09 Å². The Kier molecular flexibility index (Phi) is 7.13. The number of ether oxygens (including phenoxy) is 2. The van der Waals surface area contributed by atoms with Crippen LogP contribution in [-0.4, -0.2) is 44.1 Å². The van der Waals surface area contributed by atoms with E-state index in [0.717, 1.165) is 46.4 Å². The monoisotopic (exact) mass is 561 g/mol. The number of H-pyrrole nitrogens is 1. The lowest BCUT2D eigenvalue weighted by Crippen LogP contribution is -2.42. The summed E-state index contributed by atoms with van der Waals surface area (Å²) < 4.78 is 13.5. The Morgan fingerprint density at radius 1 is 1.00 bits per heavy atom. The molecular weight excluding hydrogens is 537 g/mol. The van der Waals surface area contributed by atoms with Crippen LogP contribution in [0.5, 0.6) is 11.5 Å². The predicted molar refractivity (Wildman–Crippen MR) is 150 cm³/mol. The molecule has 2 aromatic heterocycles. The van der Waals surface area contributed by atoms with E-state index in [9.17, 15) is 4.79 Å². The van der Waals surface area contributed by atoms with E-state index >= 15 is 0 Å². The second-order valence-electron chi connectivity index (χ2n) is 9.31. The first-order valence-corrected chi connectivity index (χ1v) is 13.4. The molecule has 5 aromatic rings.